The lowest BCUT2D eigenvalue weighted by Gasteiger charge is -2.20. The highest BCUT2D eigenvalue weighted by Crippen LogP contribution is 2.15. The molecule has 1 aromatic heterocycles. The van der Waals surface area contributed by atoms with Crippen LogP contribution in [-0.4, -0.2) is 18.5 Å². The third-order valence-electron chi connectivity index (χ3n) is 2.21. The topological polar surface area (TPSA) is 68.2 Å². The molecule has 0 amide bonds. The van der Waals surface area contributed by atoms with Gasteiger partial charge in [0.1, 0.15) is 4.90 Å². The summed E-state index contributed by atoms with van der Waals surface area (Å²) in [5.74, 6) is 0. The predicted octanol–water partition coefficient (Wildman–Crippen LogP) is 2.10. The van der Waals surface area contributed by atoms with E-state index in [1.165, 1.54) is 10.6 Å². The maximum absolute atomic E-state index is 12.2. The quantitative estimate of drug-likeness (QED) is 0.903. The van der Waals surface area contributed by atoms with E-state index in [9.17, 15) is 13.2 Å². The average Bonchev–Trinajstić information content (AvgIpc) is 2.19. The van der Waals surface area contributed by atoms with E-state index in [0.29, 0.717) is 11.0 Å². The molecule has 19 heavy (non-hydrogen) atoms. The van der Waals surface area contributed by atoms with E-state index in [2.05, 4.69) is 20.7 Å². The Morgan fingerprint density at radius 3 is 2.42 bits per heavy atom. The number of pyridine rings is 1. The number of aromatic nitrogens is 1. The van der Waals surface area contributed by atoms with Crippen LogP contribution in [0.4, 0.5) is 0 Å². The molecule has 0 aliphatic carbocycles. The fourth-order valence-electron chi connectivity index (χ4n) is 1.63. The molecule has 0 unspecified atom stereocenters. The summed E-state index contributed by atoms with van der Waals surface area (Å²) in [5.41, 5.74) is -1.13. The lowest BCUT2D eigenvalue weighted by atomic mass is 10.1. The van der Waals surface area contributed by atoms with Gasteiger partial charge in [0.2, 0.25) is 10.0 Å². The highest BCUT2D eigenvalue weighted by atomic mass is 79.9. The van der Waals surface area contributed by atoms with Crippen molar-refractivity contribution < 1.29 is 8.42 Å². The maximum Gasteiger partial charge on any atom is 0.270 e. The van der Waals surface area contributed by atoms with E-state index in [1.54, 1.807) is 27.0 Å². The molecule has 7 heteroatoms. The zero-order valence-corrected chi connectivity index (χ0v) is 13.9. The normalized spacial score (nSPS) is 12.7. The van der Waals surface area contributed by atoms with E-state index < -0.39 is 21.1 Å². The van der Waals surface area contributed by atoms with Crippen LogP contribution >= 0.6 is 15.9 Å². The minimum Gasteiger partial charge on any atom is -0.313 e. The fraction of sp³-hybridized carbons (Fsp3) is 0.583. The average molecular weight is 351 g/mol. The Kier molecular flexibility index (Phi) is 4.97. The molecule has 0 saturated carbocycles. The summed E-state index contributed by atoms with van der Waals surface area (Å²) < 4.78 is 28.9. The monoisotopic (exact) mass is 350 g/mol. The first-order chi connectivity index (χ1) is 8.57. The van der Waals surface area contributed by atoms with Gasteiger partial charge in [0.15, 0.2) is 0 Å². The largest absolute Gasteiger partial charge is 0.313 e. The summed E-state index contributed by atoms with van der Waals surface area (Å²) in [6.07, 6.45) is 2.35. The van der Waals surface area contributed by atoms with Crippen LogP contribution in [0.25, 0.3) is 0 Å². The Balaban J connectivity index is 3.39. The van der Waals surface area contributed by atoms with Crippen LogP contribution in [0.1, 0.15) is 34.1 Å². The first-order valence-corrected chi connectivity index (χ1v) is 8.28. The van der Waals surface area contributed by atoms with Crippen molar-refractivity contribution in [2.75, 3.05) is 0 Å². The molecule has 0 saturated heterocycles. The maximum atomic E-state index is 12.2. The highest BCUT2D eigenvalue weighted by Gasteiger charge is 2.25. The van der Waals surface area contributed by atoms with Crippen LogP contribution in [0.15, 0.2) is 26.4 Å². The molecule has 1 heterocycles. The van der Waals surface area contributed by atoms with E-state index in [-0.39, 0.29) is 4.90 Å². The highest BCUT2D eigenvalue weighted by molar-refractivity contribution is 9.10. The Hall–Kier alpha value is -0.660. The molecule has 1 N–H and O–H groups in total. The summed E-state index contributed by atoms with van der Waals surface area (Å²) >= 11 is 3.24. The van der Waals surface area contributed by atoms with Crippen LogP contribution in [-0.2, 0) is 16.6 Å². The van der Waals surface area contributed by atoms with Gasteiger partial charge in [-0.15, -0.1) is 0 Å². The Morgan fingerprint density at radius 1 is 1.37 bits per heavy atom. The molecule has 0 aliphatic heterocycles. The summed E-state index contributed by atoms with van der Waals surface area (Å²) in [5, 5.41) is 0. The molecule has 108 valence electrons. The molecule has 1 rings (SSSR count). The number of aryl methyl sites for hydroxylation is 1. The van der Waals surface area contributed by atoms with Crippen molar-refractivity contribution in [3.05, 3.63) is 27.1 Å². The molecular formula is C12H19BrN2O3S. The second kappa shape index (κ2) is 5.76. The first kappa shape index (κ1) is 16.4. The van der Waals surface area contributed by atoms with Crippen molar-refractivity contribution in [3.63, 3.8) is 0 Å². The van der Waals surface area contributed by atoms with E-state index in [4.69, 9.17) is 0 Å². The summed E-state index contributed by atoms with van der Waals surface area (Å²) in [4.78, 5) is 11.9. The molecule has 0 bridgehead atoms. The number of nitrogens with one attached hydrogen (secondary N) is 1. The molecule has 0 aromatic carbocycles. The Bertz CT molecular complexity index is 615. The third-order valence-corrected chi connectivity index (χ3v) is 4.40. The molecule has 0 fully saturated rings. The van der Waals surface area contributed by atoms with Crippen molar-refractivity contribution in [2.45, 2.75) is 51.1 Å². The minimum atomic E-state index is -3.83. The lowest BCUT2D eigenvalue weighted by Crippen LogP contribution is -2.43. The third kappa shape index (κ3) is 4.43. The zero-order chi connectivity index (χ0) is 14.8. The molecule has 0 aliphatic rings. The molecule has 5 nitrogen and oxygen atoms in total. The number of halogens is 1. The van der Waals surface area contributed by atoms with Crippen LogP contribution in [0.2, 0.25) is 0 Å². The number of rotatable bonds is 4. The summed E-state index contributed by atoms with van der Waals surface area (Å²) in [7, 11) is -3.83. The van der Waals surface area contributed by atoms with Gasteiger partial charge in [-0.25, -0.2) is 13.1 Å². The minimum absolute atomic E-state index is 0.231. The van der Waals surface area contributed by atoms with Crippen LogP contribution in [0, 0.1) is 0 Å². The lowest BCUT2D eigenvalue weighted by molar-refractivity contribution is 0.489. The number of sulfonamides is 1. The van der Waals surface area contributed by atoms with Gasteiger partial charge in [-0.05, 0) is 49.2 Å². The number of hydrogen-bond acceptors (Lipinski definition) is 3. The summed E-state index contributed by atoms with van der Waals surface area (Å²) in [6, 6.07) is 1.34. The van der Waals surface area contributed by atoms with Crippen molar-refractivity contribution in [2.24, 2.45) is 0 Å². The second-order valence-electron chi connectivity index (χ2n) is 5.38. The second-order valence-corrected chi connectivity index (χ2v) is 7.94. The van der Waals surface area contributed by atoms with Crippen LogP contribution < -0.4 is 10.3 Å². The molecule has 0 atom stereocenters. The predicted molar refractivity (Wildman–Crippen MR) is 78.8 cm³/mol. The van der Waals surface area contributed by atoms with Crippen molar-refractivity contribution >= 4 is 26.0 Å². The van der Waals surface area contributed by atoms with Crippen molar-refractivity contribution in [1.82, 2.24) is 9.29 Å². The van der Waals surface area contributed by atoms with Gasteiger partial charge in [-0.3, -0.25) is 4.79 Å². The molecule has 0 spiro atoms. The Labute approximate surface area is 122 Å². The van der Waals surface area contributed by atoms with Gasteiger partial charge in [-0.1, -0.05) is 6.92 Å². The van der Waals surface area contributed by atoms with Crippen LogP contribution in [0.5, 0.6) is 0 Å². The van der Waals surface area contributed by atoms with Gasteiger partial charge >= 0.3 is 0 Å². The van der Waals surface area contributed by atoms with Gasteiger partial charge in [0.05, 0.1) is 0 Å². The van der Waals surface area contributed by atoms with Gasteiger partial charge in [-0.2, -0.15) is 0 Å². The van der Waals surface area contributed by atoms with Gasteiger partial charge in [0, 0.05) is 22.8 Å². The standard InChI is InChI=1S/C12H19BrN2O3S/c1-5-6-15-8-9(13)7-10(11(15)16)19(17,18)14-12(2,3)4/h7-8,14H,5-6H2,1-4H3. The zero-order valence-electron chi connectivity index (χ0n) is 11.5. The molecular weight excluding hydrogens is 332 g/mol. The molecule has 0 radical (unpaired) electrons. The smallest absolute Gasteiger partial charge is 0.270 e. The van der Waals surface area contributed by atoms with E-state index >= 15 is 0 Å². The van der Waals surface area contributed by atoms with E-state index in [1.807, 2.05) is 6.92 Å². The number of nitrogens with zero attached hydrogens (tertiary/aromatic N) is 1. The Morgan fingerprint density at radius 2 is 1.95 bits per heavy atom. The van der Waals surface area contributed by atoms with Gasteiger partial charge in [0.25, 0.3) is 5.56 Å². The van der Waals surface area contributed by atoms with Crippen molar-refractivity contribution in [3.8, 4) is 0 Å². The van der Waals surface area contributed by atoms with E-state index in [0.717, 1.165) is 6.42 Å². The van der Waals surface area contributed by atoms with Gasteiger partial charge < -0.3 is 4.57 Å². The molecule has 1 aromatic rings. The first-order valence-electron chi connectivity index (χ1n) is 6.01. The van der Waals surface area contributed by atoms with Crippen molar-refractivity contribution in [1.29, 1.82) is 0 Å². The number of hydrogen-bond donors (Lipinski definition) is 1. The SMILES string of the molecule is CCCn1cc(Br)cc(S(=O)(=O)NC(C)(C)C)c1=O. The fourth-order valence-corrected chi connectivity index (χ4v) is 3.80. The van der Waals surface area contributed by atoms with Crippen LogP contribution in [0.3, 0.4) is 0 Å². The summed E-state index contributed by atoms with van der Waals surface area (Å²) in [6.45, 7) is 7.60.